The minimum atomic E-state index is 0.0130. The largest absolute Gasteiger partial charge is 0.377 e. The average Bonchev–Trinajstić information content (AvgIpc) is 3.23. The highest BCUT2D eigenvalue weighted by Gasteiger charge is 2.40. The lowest BCUT2D eigenvalue weighted by Crippen LogP contribution is -2.18. The molecule has 0 spiro atoms. The SMILES string of the molecule is CN(C)c1cc2c(c3c1CC=C3)C(C)(C)c1cccc(-c3ccccc3)c1-2. The molecule has 5 rings (SSSR count). The number of nitrogens with zero attached hydrogens (tertiary/aromatic N) is 1. The Balaban J connectivity index is 1.89. The fourth-order valence-electron chi connectivity index (χ4n) is 5.05. The normalized spacial score (nSPS) is 15.4. The molecule has 1 heteroatoms. The zero-order valence-corrected chi connectivity index (χ0v) is 16.5. The first kappa shape index (κ1) is 16.4. The van der Waals surface area contributed by atoms with E-state index in [-0.39, 0.29) is 5.41 Å². The van der Waals surface area contributed by atoms with Gasteiger partial charge in [0.2, 0.25) is 0 Å². The van der Waals surface area contributed by atoms with E-state index in [4.69, 9.17) is 0 Å². The van der Waals surface area contributed by atoms with Crippen LogP contribution in [0, 0.1) is 0 Å². The second kappa shape index (κ2) is 5.60. The predicted octanol–water partition coefficient (Wildman–Crippen LogP) is 6.30. The van der Waals surface area contributed by atoms with Gasteiger partial charge in [0.15, 0.2) is 0 Å². The van der Waals surface area contributed by atoms with Crippen LogP contribution in [-0.4, -0.2) is 14.1 Å². The number of allylic oxidation sites excluding steroid dienone is 1. The van der Waals surface area contributed by atoms with Crippen LogP contribution >= 0.6 is 0 Å². The van der Waals surface area contributed by atoms with E-state index < -0.39 is 0 Å². The molecular formula is C26H25N. The molecule has 0 saturated heterocycles. The molecule has 0 N–H and O–H groups in total. The van der Waals surface area contributed by atoms with Crippen LogP contribution < -0.4 is 4.90 Å². The summed E-state index contributed by atoms with van der Waals surface area (Å²) in [5.41, 5.74) is 12.7. The summed E-state index contributed by atoms with van der Waals surface area (Å²) < 4.78 is 0. The van der Waals surface area contributed by atoms with Gasteiger partial charge in [-0.3, -0.25) is 0 Å². The van der Waals surface area contributed by atoms with Gasteiger partial charge in [0, 0.05) is 25.2 Å². The van der Waals surface area contributed by atoms with Crippen molar-refractivity contribution in [1.82, 2.24) is 0 Å². The van der Waals surface area contributed by atoms with Crippen molar-refractivity contribution in [2.45, 2.75) is 25.7 Å². The fourth-order valence-corrected chi connectivity index (χ4v) is 5.05. The van der Waals surface area contributed by atoms with Gasteiger partial charge in [-0.05, 0) is 57.0 Å². The highest BCUT2D eigenvalue weighted by atomic mass is 15.1. The third-order valence-electron chi connectivity index (χ3n) is 6.26. The Bertz CT molecular complexity index is 1080. The lowest BCUT2D eigenvalue weighted by Gasteiger charge is -2.26. The summed E-state index contributed by atoms with van der Waals surface area (Å²) in [6.07, 6.45) is 5.69. The average molecular weight is 351 g/mol. The Morgan fingerprint density at radius 3 is 2.41 bits per heavy atom. The molecule has 0 fully saturated rings. The molecule has 3 aromatic rings. The topological polar surface area (TPSA) is 3.24 Å². The minimum absolute atomic E-state index is 0.0130. The summed E-state index contributed by atoms with van der Waals surface area (Å²) in [6, 6.07) is 20.0. The van der Waals surface area contributed by atoms with Crippen molar-refractivity contribution in [1.29, 1.82) is 0 Å². The van der Waals surface area contributed by atoms with Crippen molar-refractivity contribution in [3.63, 3.8) is 0 Å². The van der Waals surface area contributed by atoms with Crippen molar-refractivity contribution >= 4 is 11.8 Å². The Morgan fingerprint density at radius 2 is 1.67 bits per heavy atom. The van der Waals surface area contributed by atoms with Gasteiger partial charge in [0.25, 0.3) is 0 Å². The third kappa shape index (κ3) is 2.18. The van der Waals surface area contributed by atoms with Gasteiger partial charge in [0.1, 0.15) is 0 Å². The van der Waals surface area contributed by atoms with E-state index in [1.165, 1.54) is 50.2 Å². The summed E-state index contributed by atoms with van der Waals surface area (Å²) in [5, 5.41) is 0. The van der Waals surface area contributed by atoms with Crippen LogP contribution in [-0.2, 0) is 11.8 Å². The van der Waals surface area contributed by atoms with Gasteiger partial charge in [0.05, 0.1) is 0 Å². The molecule has 0 radical (unpaired) electrons. The van der Waals surface area contributed by atoms with Crippen molar-refractivity contribution in [2.75, 3.05) is 19.0 Å². The Morgan fingerprint density at radius 1 is 0.889 bits per heavy atom. The highest BCUT2D eigenvalue weighted by molar-refractivity contribution is 5.97. The Kier molecular flexibility index (Phi) is 3.40. The standard InChI is InChI=1S/C26H25N/c1-26(2)22-15-9-12-18(17-10-6-5-7-11-17)24(22)21-16-23(27(3)4)19-13-8-14-20(19)25(21)26/h5-12,14-16H,13H2,1-4H3. The lowest BCUT2D eigenvalue weighted by atomic mass is 9.79. The number of fused-ring (bicyclic) bond motifs is 5. The second-order valence-electron chi connectivity index (χ2n) is 8.43. The molecule has 0 aromatic heterocycles. The van der Waals surface area contributed by atoms with E-state index >= 15 is 0 Å². The lowest BCUT2D eigenvalue weighted by molar-refractivity contribution is 0.658. The number of benzene rings is 3. The van der Waals surface area contributed by atoms with Gasteiger partial charge >= 0.3 is 0 Å². The molecule has 2 aliphatic rings. The Labute approximate surface area is 162 Å². The number of hydrogen-bond acceptors (Lipinski definition) is 1. The van der Waals surface area contributed by atoms with E-state index in [2.05, 4.69) is 99.6 Å². The monoisotopic (exact) mass is 351 g/mol. The molecule has 0 heterocycles. The molecule has 2 aliphatic carbocycles. The predicted molar refractivity (Wildman–Crippen MR) is 117 cm³/mol. The van der Waals surface area contributed by atoms with Gasteiger partial charge < -0.3 is 4.90 Å². The maximum Gasteiger partial charge on any atom is 0.0409 e. The molecule has 0 aliphatic heterocycles. The molecular weight excluding hydrogens is 326 g/mol. The smallest absolute Gasteiger partial charge is 0.0409 e. The Hall–Kier alpha value is -2.80. The summed E-state index contributed by atoms with van der Waals surface area (Å²) in [7, 11) is 4.31. The van der Waals surface area contributed by atoms with E-state index in [1.807, 2.05) is 0 Å². The third-order valence-corrected chi connectivity index (χ3v) is 6.26. The second-order valence-corrected chi connectivity index (χ2v) is 8.43. The molecule has 0 bridgehead atoms. The van der Waals surface area contributed by atoms with Crippen LogP contribution in [0.1, 0.15) is 36.1 Å². The highest BCUT2D eigenvalue weighted by Crippen LogP contribution is 2.56. The minimum Gasteiger partial charge on any atom is -0.377 e. The van der Waals surface area contributed by atoms with Crippen LogP contribution in [0.2, 0.25) is 0 Å². The molecule has 0 saturated carbocycles. The maximum absolute atomic E-state index is 2.43. The molecule has 3 aromatic carbocycles. The van der Waals surface area contributed by atoms with Gasteiger partial charge in [-0.15, -0.1) is 0 Å². The summed E-state index contributed by atoms with van der Waals surface area (Å²) >= 11 is 0. The first-order valence-electron chi connectivity index (χ1n) is 9.73. The molecule has 0 unspecified atom stereocenters. The van der Waals surface area contributed by atoms with E-state index in [0.29, 0.717) is 0 Å². The van der Waals surface area contributed by atoms with Crippen molar-refractivity contribution in [2.24, 2.45) is 0 Å². The van der Waals surface area contributed by atoms with Crippen molar-refractivity contribution < 1.29 is 0 Å². The number of anilines is 1. The van der Waals surface area contributed by atoms with Crippen LogP contribution in [0.3, 0.4) is 0 Å². The van der Waals surface area contributed by atoms with Gasteiger partial charge in [-0.2, -0.15) is 0 Å². The van der Waals surface area contributed by atoms with E-state index in [0.717, 1.165) is 6.42 Å². The van der Waals surface area contributed by atoms with Gasteiger partial charge in [-0.25, -0.2) is 0 Å². The van der Waals surface area contributed by atoms with Crippen molar-refractivity contribution in [3.05, 3.63) is 82.9 Å². The molecule has 1 nitrogen and oxygen atoms in total. The summed E-state index contributed by atoms with van der Waals surface area (Å²) in [4.78, 5) is 2.27. The van der Waals surface area contributed by atoms with Crippen LogP contribution in [0.5, 0.6) is 0 Å². The first-order chi connectivity index (χ1) is 13.0. The van der Waals surface area contributed by atoms with Gasteiger partial charge in [-0.1, -0.05) is 74.5 Å². The summed E-state index contributed by atoms with van der Waals surface area (Å²) in [6.45, 7) is 4.77. The quantitative estimate of drug-likeness (QED) is 0.524. The molecule has 0 amide bonds. The van der Waals surface area contributed by atoms with E-state index in [1.54, 1.807) is 0 Å². The molecule has 27 heavy (non-hydrogen) atoms. The number of rotatable bonds is 2. The maximum atomic E-state index is 2.43. The zero-order valence-electron chi connectivity index (χ0n) is 16.5. The number of hydrogen-bond donors (Lipinski definition) is 0. The molecule has 134 valence electrons. The first-order valence-corrected chi connectivity index (χ1v) is 9.73. The summed E-state index contributed by atoms with van der Waals surface area (Å²) in [5.74, 6) is 0. The van der Waals surface area contributed by atoms with Crippen LogP contribution in [0.25, 0.3) is 28.3 Å². The van der Waals surface area contributed by atoms with Crippen LogP contribution in [0.15, 0.2) is 60.7 Å². The van der Waals surface area contributed by atoms with E-state index in [9.17, 15) is 0 Å². The van der Waals surface area contributed by atoms with Crippen molar-refractivity contribution in [3.8, 4) is 22.3 Å². The fraction of sp³-hybridized carbons (Fsp3) is 0.231. The van der Waals surface area contributed by atoms with Crippen LogP contribution in [0.4, 0.5) is 5.69 Å². The zero-order chi connectivity index (χ0) is 18.8. The molecule has 0 atom stereocenters.